The minimum atomic E-state index is -0.116. The molecule has 3 N–H and O–H groups in total. The molecular weight excluding hydrogens is 306 g/mol. The maximum atomic E-state index is 12.2. The summed E-state index contributed by atoms with van der Waals surface area (Å²) in [5, 5.41) is 5.75. The summed E-state index contributed by atoms with van der Waals surface area (Å²) in [5.74, 6) is 1.13. The molecule has 0 fully saturated rings. The SMILES string of the molecule is CC[NH+](CC(=O)NCCC(C)C)CC(=O)Nc1cccc(OC)c1. The zero-order chi connectivity index (χ0) is 17.9. The lowest BCUT2D eigenvalue weighted by Crippen LogP contribution is -3.14. The first-order valence-electron chi connectivity index (χ1n) is 8.48. The van der Waals surface area contributed by atoms with Gasteiger partial charge < -0.3 is 20.3 Å². The predicted octanol–water partition coefficient (Wildman–Crippen LogP) is 0.701. The van der Waals surface area contributed by atoms with Gasteiger partial charge >= 0.3 is 0 Å². The van der Waals surface area contributed by atoms with E-state index in [0.717, 1.165) is 11.3 Å². The van der Waals surface area contributed by atoms with Crippen LogP contribution in [-0.4, -0.2) is 45.1 Å². The van der Waals surface area contributed by atoms with Crippen LogP contribution in [0.15, 0.2) is 24.3 Å². The van der Waals surface area contributed by atoms with Gasteiger partial charge in [-0.25, -0.2) is 0 Å². The number of nitrogens with one attached hydrogen (secondary N) is 3. The number of likely N-dealkylation sites (N-methyl/N-ethyl adjacent to an activating group) is 1. The molecule has 134 valence electrons. The van der Waals surface area contributed by atoms with Gasteiger partial charge in [0.1, 0.15) is 5.75 Å². The van der Waals surface area contributed by atoms with Crippen LogP contribution in [0.25, 0.3) is 0 Å². The van der Waals surface area contributed by atoms with Gasteiger partial charge in [-0.1, -0.05) is 19.9 Å². The summed E-state index contributed by atoms with van der Waals surface area (Å²) in [6, 6.07) is 7.22. The van der Waals surface area contributed by atoms with Crippen LogP contribution in [0.4, 0.5) is 5.69 Å². The van der Waals surface area contributed by atoms with Crippen molar-refractivity contribution in [2.24, 2.45) is 5.92 Å². The van der Waals surface area contributed by atoms with Crippen LogP contribution < -0.4 is 20.3 Å². The first-order chi connectivity index (χ1) is 11.4. The highest BCUT2D eigenvalue weighted by Crippen LogP contribution is 2.16. The molecule has 1 unspecified atom stereocenters. The minimum absolute atomic E-state index is 0.0123. The van der Waals surface area contributed by atoms with Gasteiger partial charge in [0, 0.05) is 18.3 Å². The lowest BCUT2D eigenvalue weighted by molar-refractivity contribution is -0.881. The van der Waals surface area contributed by atoms with E-state index in [1.807, 2.05) is 25.1 Å². The van der Waals surface area contributed by atoms with Gasteiger partial charge in [0.25, 0.3) is 11.8 Å². The second-order valence-corrected chi connectivity index (χ2v) is 6.27. The zero-order valence-corrected chi connectivity index (χ0v) is 15.1. The third-order valence-corrected chi connectivity index (χ3v) is 3.72. The Balaban J connectivity index is 2.43. The van der Waals surface area contributed by atoms with E-state index in [1.165, 1.54) is 0 Å². The molecule has 0 spiro atoms. The Morgan fingerprint density at radius 2 is 1.92 bits per heavy atom. The molecule has 0 radical (unpaired) electrons. The molecule has 1 aromatic carbocycles. The Morgan fingerprint density at radius 1 is 1.21 bits per heavy atom. The third-order valence-electron chi connectivity index (χ3n) is 3.72. The predicted molar refractivity (Wildman–Crippen MR) is 95.3 cm³/mol. The van der Waals surface area contributed by atoms with Gasteiger partial charge in [-0.3, -0.25) is 9.59 Å². The normalized spacial score (nSPS) is 11.9. The van der Waals surface area contributed by atoms with Crippen molar-refractivity contribution in [1.29, 1.82) is 0 Å². The monoisotopic (exact) mass is 336 g/mol. The minimum Gasteiger partial charge on any atom is -0.497 e. The van der Waals surface area contributed by atoms with Crippen molar-refractivity contribution in [2.75, 3.05) is 38.6 Å². The average molecular weight is 336 g/mol. The highest BCUT2D eigenvalue weighted by atomic mass is 16.5. The van der Waals surface area contributed by atoms with Crippen molar-refractivity contribution < 1.29 is 19.2 Å². The summed E-state index contributed by atoms with van der Waals surface area (Å²) >= 11 is 0. The average Bonchev–Trinajstić information content (AvgIpc) is 2.53. The summed E-state index contributed by atoms with van der Waals surface area (Å²) in [6.07, 6.45) is 0.962. The van der Waals surface area contributed by atoms with Crippen LogP contribution in [0.1, 0.15) is 27.2 Å². The van der Waals surface area contributed by atoms with Gasteiger partial charge in [0.2, 0.25) is 0 Å². The Morgan fingerprint density at radius 3 is 2.54 bits per heavy atom. The molecule has 0 aliphatic carbocycles. The zero-order valence-electron chi connectivity index (χ0n) is 15.1. The van der Waals surface area contributed by atoms with Crippen LogP contribution in [0.5, 0.6) is 5.75 Å². The first kappa shape index (κ1) is 20.0. The largest absolute Gasteiger partial charge is 0.497 e. The van der Waals surface area contributed by atoms with E-state index >= 15 is 0 Å². The number of amides is 2. The molecule has 1 aromatic rings. The summed E-state index contributed by atoms with van der Waals surface area (Å²) in [4.78, 5) is 25.0. The van der Waals surface area contributed by atoms with E-state index < -0.39 is 0 Å². The molecule has 0 aliphatic heterocycles. The highest BCUT2D eigenvalue weighted by molar-refractivity contribution is 5.91. The van der Waals surface area contributed by atoms with E-state index in [4.69, 9.17) is 4.74 Å². The van der Waals surface area contributed by atoms with Crippen molar-refractivity contribution in [2.45, 2.75) is 27.2 Å². The topological polar surface area (TPSA) is 71.9 Å². The Bertz CT molecular complexity index is 532. The Kier molecular flexibility index (Phi) is 8.86. The summed E-state index contributed by atoms with van der Waals surface area (Å²) in [5.41, 5.74) is 0.691. The second-order valence-electron chi connectivity index (χ2n) is 6.27. The lowest BCUT2D eigenvalue weighted by Gasteiger charge is -2.17. The molecule has 0 heterocycles. The summed E-state index contributed by atoms with van der Waals surface area (Å²) in [6.45, 7) is 8.17. The molecule has 0 bridgehead atoms. The summed E-state index contributed by atoms with van der Waals surface area (Å²) in [7, 11) is 1.59. The fourth-order valence-electron chi connectivity index (χ4n) is 2.24. The lowest BCUT2D eigenvalue weighted by atomic mass is 10.1. The number of benzene rings is 1. The van der Waals surface area contributed by atoms with Crippen molar-refractivity contribution in [3.05, 3.63) is 24.3 Å². The Labute approximate surface area is 144 Å². The standard InChI is InChI=1S/C18H29N3O3/c1-5-21(12-17(22)19-10-9-14(2)3)13-18(23)20-15-7-6-8-16(11-15)24-4/h6-8,11,14H,5,9-10,12-13H2,1-4H3,(H,19,22)(H,20,23)/p+1. The molecule has 0 saturated carbocycles. The highest BCUT2D eigenvalue weighted by Gasteiger charge is 2.16. The van der Waals surface area contributed by atoms with Crippen molar-refractivity contribution in [1.82, 2.24) is 5.32 Å². The van der Waals surface area contributed by atoms with E-state index in [0.29, 0.717) is 37.0 Å². The van der Waals surface area contributed by atoms with E-state index in [2.05, 4.69) is 24.5 Å². The quantitative estimate of drug-likeness (QED) is 0.589. The number of hydrogen-bond donors (Lipinski definition) is 3. The molecule has 24 heavy (non-hydrogen) atoms. The number of carbonyl (C=O) groups excluding carboxylic acids is 2. The number of rotatable bonds is 10. The molecule has 0 aromatic heterocycles. The third kappa shape index (κ3) is 7.97. The number of methoxy groups -OCH3 is 1. The molecule has 0 aliphatic rings. The number of ether oxygens (including phenoxy) is 1. The van der Waals surface area contributed by atoms with Crippen molar-refractivity contribution in [3.63, 3.8) is 0 Å². The molecule has 6 heteroatoms. The van der Waals surface area contributed by atoms with Crippen LogP contribution in [0, 0.1) is 5.92 Å². The van der Waals surface area contributed by atoms with Gasteiger partial charge in [-0.2, -0.15) is 0 Å². The molecule has 6 nitrogen and oxygen atoms in total. The number of quaternary nitrogens is 1. The fourth-order valence-corrected chi connectivity index (χ4v) is 2.24. The van der Waals surface area contributed by atoms with Crippen LogP contribution >= 0.6 is 0 Å². The van der Waals surface area contributed by atoms with Crippen LogP contribution in [0.3, 0.4) is 0 Å². The smallest absolute Gasteiger partial charge is 0.279 e. The van der Waals surface area contributed by atoms with Gasteiger partial charge in [-0.15, -0.1) is 0 Å². The van der Waals surface area contributed by atoms with Gasteiger partial charge in [0.05, 0.1) is 13.7 Å². The van der Waals surface area contributed by atoms with E-state index in [1.54, 1.807) is 13.2 Å². The van der Waals surface area contributed by atoms with Crippen LogP contribution in [-0.2, 0) is 9.59 Å². The van der Waals surface area contributed by atoms with Crippen molar-refractivity contribution in [3.8, 4) is 5.75 Å². The number of anilines is 1. The molecule has 1 atom stereocenters. The maximum absolute atomic E-state index is 12.2. The second kappa shape index (κ2) is 10.6. The first-order valence-corrected chi connectivity index (χ1v) is 8.48. The Hall–Kier alpha value is -2.08. The molecule has 1 rings (SSSR count). The molecule has 2 amide bonds. The van der Waals surface area contributed by atoms with Gasteiger partial charge in [0.15, 0.2) is 13.1 Å². The number of hydrogen-bond acceptors (Lipinski definition) is 3. The van der Waals surface area contributed by atoms with Crippen molar-refractivity contribution >= 4 is 17.5 Å². The van der Waals surface area contributed by atoms with Crippen LogP contribution in [0.2, 0.25) is 0 Å². The fraction of sp³-hybridized carbons (Fsp3) is 0.556. The molecular formula is C18H30N3O3+. The summed E-state index contributed by atoms with van der Waals surface area (Å²) < 4.78 is 5.14. The van der Waals surface area contributed by atoms with E-state index in [9.17, 15) is 9.59 Å². The van der Waals surface area contributed by atoms with Gasteiger partial charge in [-0.05, 0) is 31.4 Å². The molecule has 0 saturated heterocycles. The number of carbonyl (C=O) groups is 2. The van der Waals surface area contributed by atoms with E-state index in [-0.39, 0.29) is 18.4 Å². The maximum Gasteiger partial charge on any atom is 0.279 e.